The molecule has 0 amide bonds. The lowest BCUT2D eigenvalue weighted by Gasteiger charge is -2.04. The van der Waals surface area contributed by atoms with Gasteiger partial charge >= 0.3 is 0 Å². The Bertz CT molecular complexity index is 544. The number of hydrogen-bond acceptors (Lipinski definition) is 3. The number of nitrogens with one attached hydrogen (secondary N) is 1. The van der Waals surface area contributed by atoms with Gasteiger partial charge in [-0.15, -0.1) is 0 Å². The van der Waals surface area contributed by atoms with Crippen molar-refractivity contribution in [2.45, 2.75) is 19.8 Å². The van der Waals surface area contributed by atoms with Crippen LogP contribution in [0, 0.1) is 0 Å². The average Bonchev–Trinajstić information content (AvgIpc) is 2.70. The molecule has 0 aliphatic carbocycles. The van der Waals surface area contributed by atoms with Gasteiger partial charge in [0.15, 0.2) is 5.82 Å². The van der Waals surface area contributed by atoms with Crippen molar-refractivity contribution in [3.63, 3.8) is 0 Å². The molecule has 17 heavy (non-hydrogen) atoms. The Hall–Kier alpha value is -1.55. The second kappa shape index (κ2) is 4.75. The van der Waals surface area contributed by atoms with Gasteiger partial charge in [0.05, 0.1) is 12.2 Å². The van der Waals surface area contributed by atoms with Crippen molar-refractivity contribution in [2.24, 2.45) is 0 Å². The highest BCUT2D eigenvalue weighted by molar-refractivity contribution is 6.29. The summed E-state index contributed by atoms with van der Waals surface area (Å²) in [5.41, 5.74) is 2.00. The molecule has 0 saturated heterocycles. The number of hydrogen-bond donors (Lipinski definition) is 1. The van der Waals surface area contributed by atoms with E-state index in [1.807, 2.05) is 16.8 Å². The van der Waals surface area contributed by atoms with Crippen LogP contribution in [0.25, 0.3) is 5.52 Å². The van der Waals surface area contributed by atoms with Crippen LogP contribution in [0.2, 0.25) is 0 Å². The van der Waals surface area contributed by atoms with Crippen molar-refractivity contribution in [1.82, 2.24) is 14.6 Å². The summed E-state index contributed by atoms with van der Waals surface area (Å²) in [6, 6.07) is 2.04. The van der Waals surface area contributed by atoms with Crippen LogP contribution >= 0.6 is 11.6 Å². The average molecular weight is 251 g/mol. The van der Waals surface area contributed by atoms with E-state index in [2.05, 4.69) is 35.8 Å². The fraction of sp³-hybridized carbons (Fsp3) is 0.333. The first-order valence-electron chi connectivity index (χ1n) is 5.49. The standard InChI is InChI=1S/C12H15ClN4/c1-8(2)10-6-11-12(15-7-9(3)13)14-4-5-17(11)16-10/h4-6,8H,3,7H2,1-2H3,(H,14,15). The lowest BCUT2D eigenvalue weighted by Crippen LogP contribution is -2.04. The van der Waals surface area contributed by atoms with Gasteiger partial charge in [-0.3, -0.25) is 0 Å². The zero-order chi connectivity index (χ0) is 12.4. The zero-order valence-electron chi connectivity index (χ0n) is 9.94. The van der Waals surface area contributed by atoms with Crippen LogP contribution in [0.5, 0.6) is 0 Å². The number of aromatic nitrogens is 3. The Morgan fingerprint density at radius 3 is 3.00 bits per heavy atom. The molecule has 2 aromatic rings. The SMILES string of the molecule is C=C(Cl)CNc1nccn2nc(C(C)C)cc12. The van der Waals surface area contributed by atoms with Crippen LogP contribution in [0.3, 0.4) is 0 Å². The molecule has 0 aliphatic rings. The third-order valence-corrected chi connectivity index (χ3v) is 2.58. The van der Waals surface area contributed by atoms with Crippen molar-refractivity contribution in [1.29, 1.82) is 0 Å². The van der Waals surface area contributed by atoms with Gasteiger partial charge in [-0.05, 0) is 12.0 Å². The Balaban J connectivity index is 2.38. The van der Waals surface area contributed by atoms with Crippen LogP contribution < -0.4 is 5.32 Å². The maximum atomic E-state index is 5.73. The summed E-state index contributed by atoms with van der Waals surface area (Å²) in [5.74, 6) is 1.17. The summed E-state index contributed by atoms with van der Waals surface area (Å²) in [5, 5.41) is 8.17. The Labute approximate surface area is 105 Å². The van der Waals surface area contributed by atoms with E-state index in [1.54, 1.807) is 6.20 Å². The number of nitrogens with zero attached hydrogens (tertiary/aromatic N) is 3. The van der Waals surface area contributed by atoms with E-state index in [4.69, 9.17) is 11.6 Å². The molecule has 5 heteroatoms. The highest BCUT2D eigenvalue weighted by Crippen LogP contribution is 2.19. The summed E-state index contributed by atoms with van der Waals surface area (Å²) in [6.07, 6.45) is 3.55. The summed E-state index contributed by atoms with van der Waals surface area (Å²) in [4.78, 5) is 4.28. The summed E-state index contributed by atoms with van der Waals surface area (Å²) < 4.78 is 1.82. The molecule has 0 atom stereocenters. The molecule has 2 heterocycles. The Morgan fingerprint density at radius 1 is 1.59 bits per heavy atom. The smallest absolute Gasteiger partial charge is 0.152 e. The van der Waals surface area contributed by atoms with Gasteiger partial charge in [0.1, 0.15) is 5.52 Å². The minimum atomic E-state index is 0.394. The van der Waals surface area contributed by atoms with E-state index in [1.165, 1.54) is 0 Å². The number of fused-ring (bicyclic) bond motifs is 1. The normalized spacial score (nSPS) is 11.1. The van der Waals surface area contributed by atoms with Gasteiger partial charge in [0, 0.05) is 17.4 Å². The second-order valence-corrected chi connectivity index (χ2v) is 4.73. The first-order chi connectivity index (χ1) is 8.08. The number of halogens is 1. The minimum Gasteiger partial charge on any atom is -0.363 e. The van der Waals surface area contributed by atoms with E-state index in [0.29, 0.717) is 17.5 Å². The zero-order valence-corrected chi connectivity index (χ0v) is 10.7. The van der Waals surface area contributed by atoms with E-state index >= 15 is 0 Å². The van der Waals surface area contributed by atoms with E-state index in [9.17, 15) is 0 Å². The molecule has 0 aliphatic heterocycles. The van der Waals surface area contributed by atoms with Gasteiger partial charge < -0.3 is 5.32 Å². The first kappa shape index (κ1) is 11.9. The van der Waals surface area contributed by atoms with Crippen molar-refractivity contribution in [3.05, 3.63) is 35.8 Å². The molecular weight excluding hydrogens is 236 g/mol. The highest BCUT2D eigenvalue weighted by atomic mass is 35.5. The molecule has 0 saturated carbocycles. The van der Waals surface area contributed by atoms with E-state index in [0.717, 1.165) is 17.0 Å². The molecule has 2 aromatic heterocycles. The Kier molecular flexibility index (Phi) is 3.33. The fourth-order valence-electron chi connectivity index (χ4n) is 1.54. The third-order valence-electron chi connectivity index (χ3n) is 2.45. The molecular formula is C12H15ClN4. The van der Waals surface area contributed by atoms with E-state index in [-0.39, 0.29) is 0 Å². The van der Waals surface area contributed by atoms with Crippen LogP contribution in [0.15, 0.2) is 30.1 Å². The van der Waals surface area contributed by atoms with Crippen molar-refractivity contribution in [2.75, 3.05) is 11.9 Å². The first-order valence-corrected chi connectivity index (χ1v) is 5.87. The Morgan fingerprint density at radius 2 is 2.35 bits per heavy atom. The molecule has 90 valence electrons. The molecule has 0 fully saturated rings. The van der Waals surface area contributed by atoms with Gasteiger partial charge in [0.25, 0.3) is 0 Å². The molecule has 0 unspecified atom stereocenters. The van der Waals surface area contributed by atoms with E-state index < -0.39 is 0 Å². The van der Waals surface area contributed by atoms with Gasteiger partial charge in [-0.25, -0.2) is 9.50 Å². The molecule has 0 aromatic carbocycles. The van der Waals surface area contributed by atoms with Crippen molar-refractivity contribution in [3.8, 4) is 0 Å². The largest absolute Gasteiger partial charge is 0.363 e. The lowest BCUT2D eigenvalue weighted by atomic mass is 10.1. The summed E-state index contributed by atoms with van der Waals surface area (Å²) in [7, 11) is 0. The fourth-order valence-corrected chi connectivity index (χ4v) is 1.61. The molecule has 0 spiro atoms. The maximum absolute atomic E-state index is 5.73. The van der Waals surface area contributed by atoms with Crippen LogP contribution in [-0.4, -0.2) is 21.1 Å². The van der Waals surface area contributed by atoms with Crippen molar-refractivity contribution < 1.29 is 0 Å². The number of anilines is 1. The number of rotatable bonds is 4. The topological polar surface area (TPSA) is 42.2 Å². The molecule has 4 nitrogen and oxygen atoms in total. The third kappa shape index (κ3) is 2.58. The molecule has 0 radical (unpaired) electrons. The van der Waals surface area contributed by atoms with Crippen molar-refractivity contribution >= 4 is 22.9 Å². The second-order valence-electron chi connectivity index (χ2n) is 4.20. The molecule has 1 N–H and O–H groups in total. The predicted octanol–water partition coefficient (Wildman–Crippen LogP) is 3.02. The van der Waals surface area contributed by atoms with Crippen LogP contribution in [0.1, 0.15) is 25.5 Å². The van der Waals surface area contributed by atoms with Gasteiger partial charge in [-0.1, -0.05) is 32.0 Å². The summed E-state index contributed by atoms with van der Waals surface area (Å²) >= 11 is 5.73. The molecule has 0 bridgehead atoms. The minimum absolute atomic E-state index is 0.394. The quantitative estimate of drug-likeness (QED) is 0.907. The predicted molar refractivity (Wildman–Crippen MR) is 70.6 cm³/mol. The van der Waals surface area contributed by atoms with Gasteiger partial charge in [0.2, 0.25) is 0 Å². The van der Waals surface area contributed by atoms with Gasteiger partial charge in [-0.2, -0.15) is 5.10 Å². The maximum Gasteiger partial charge on any atom is 0.152 e. The monoisotopic (exact) mass is 250 g/mol. The molecule has 2 rings (SSSR count). The lowest BCUT2D eigenvalue weighted by molar-refractivity contribution is 0.787. The summed E-state index contributed by atoms with van der Waals surface area (Å²) in [6.45, 7) is 8.36. The highest BCUT2D eigenvalue weighted by Gasteiger charge is 2.09. The van der Waals surface area contributed by atoms with Crippen LogP contribution in [-0.2, 0) is 0 Å². The van der Waals surface area contributed by atoms with Crippen LogP contribution in [0.4, 0.5) is 5.82 Å².